The SMILES string of the molecule is CC1(C)c2ccccc2Oc2c(-c3cccc4c(-c5cc(-c6ccccc6)c6ccccc6c5)c5cccc(-c6cccc7c6Oc6ccccc6C7(C)C)c5cc34)cccc21. The summed E-state index contributed by atoms with van der Waals surface area (Å²) in [7, 11) is 0. The largest absolute Gasteiger partial charge is 0.456 e. The van der Waals surface area contributed by atoms with Gasteiger partial charge in [-0.3, -0.25) is 0 Å². The first-order valence-electron chi connectivity index (χ1n) is 21.7. The molecule has 0 unspecified atom stereocenters. The molecule has 0 atom stereocenters. The molecule has 0 amide bonds. The first-order chi connectivity index (χ1) is 30.3. The molecule has 0 saturated carbocycles. The van der Waals surface area contributed by atoms with E-state index in [1.54, 1.807) is 0 Å². The molecule has 0 aliphatic carbocycles. The van der Waals surface area contributed by atoms with Crippen LogP contribution in [-0.4, -0.2) is 0 Å². The number of rotatable bonds is 4. The van der Waals surface area contributed by atoms with E-state index >= 15 is 0 Å². The summed E-state index contributed by atoms with van der Waals surface area (Å²) in [6.07, 6.45) is 0. The predicted octanol–water partition coefficient (Wildman–Crippen LogP) is 16.7. The zero-order valence-corrected chi connectivity index (χ0v) is 35.3. The van der Waals surface area contributed by atoms with Gasteiger partial charge in [-0.2, -0.15) is 0 Å². The van der Waals surface area contributed by atoms with Crippen molar-refractivity contribution in [2.45, 2.75) is 38.5 Å². The van der Waals surface area contributed by atoms with Gasteiger partial charge in [0.25, 0.3) is 0 Å². The van der Waals surface area contributed by atoms with E-state index < -0.39 is 0 Å². The van der Waals surface area contributed by atoms with E-state index in [9.17, 15) is 0 Å². The molecule has 10 aromatic rings. The third-order valence-corrected chi connectivity index (χ3v) is 13.8. The molecule has 2 heteroatoms. The van der Waals surface area contributed by atoms with Crippen LogP contribution < -0.4 is 9.47 Å². The monoisotopic (exact) mass is 796 g/mol. The lowest BCUT2D eigenvalue weighted by Gasteiger charge is -2.35. The third kappa shape index (κ3) is 5.36. The maximum absolute atomic E-state index is 6.95. The molecule has 2 nitrogen and oxygen atoms in total. The summed E-state index contributed by atoms with van der Waals surface area (Å²) in [6, 6.07) is 70.7. The van der Waals surface area contributed by atoms with Crippen LogP contribution in [0, 0.1) is 0 Å². The van der Waals surface area contributed by atoms with Crippen molar-refractivity contribution >= 4 is 32.3 Å². The van der Waals surface area contributed by atoms with Crippen molar-refractivity contribution in [1.82, 2.24) is 0 Å². The van der Waals surface area contributed by atoms with E-state index in [-0.39, 0.29) is 10.8 Å². The fourth-order valence-electron chi connectivity index (χ4n) is 10.6. The first-order valence-corrected chi connectivity index (χ1v) is 21.7. The molecule has 0 fully saturated rings. The standard InChI is InChI=1S/C60H44O2/c1-59(2)50-28-10-12-32-54(50)61-57-45(26-16-30-52(57)59)41-22-14-24-43-48(41)36-49-42(46-27-17-31-53-58(46)62-55-33-13-11-29-51(55)60(53,3)4)23-15-25-44(49)56(43)39-34-38-20-8-9-21-40(38)47(35-39)37-18-6-5-7-19-37/h5-36H,1-4H3. The molecule has 2 aliphatic rings. The molecule has 62 heavy (non-hydrogen) atoms. The second-order valence-electron chi connectivity index (χ2n) is 18.0. The molecule has 0 bridgehead atoms. The second-order valence-corrected chi connectivity index (χ2v) is 18.0. The van der Waals surface area contributed by atoms with Crippen molar-refractivity contribution in [1.29, 1.82) is 0 Å². The Morgan fingerprint density at radius 2 is 0.758 bits per heavy atom. The highest BCUT2D eigenvalue weighted by Gasteiger charge is 2.37. The van der Waals surface area contributed by atoms with E-state index in [2.05, 4.69) is 222 Å². The molecule has 2 aliphatic heterocycles. The Morgan fingerprint density at radius 3 is 1.34 bits per heavy atom. The quantitative estimate of drug-likeness (QED) is 0.165. The van der Waals surface area contributed by atoms with Gasteiger partial charge in [0.05, 0.1) is 0 Å². The normalized spacial score (nSPS) is 14.3. The average molecular weight is 797 g/mol. The van der Waals surface area contributed by atoms with Crippen LogP contribution in [0.3, 0.4) is 0 Å². The molecule has 12 rings (SSSR count). The minimum absolute atomic E-state index is 0.243. The molecule has 296 valence electrons. The summed E-state index contributed by atoms with van der Waals surface area (Å²) in [6.45, 7) is 9.24. The minimum Gasteiger partial charge on any atom is -0.456 e. The number of para-hydroxylation sites is 4. The smallest absolute Gasteiger partial charge is 0.139 e. The van der Waals surface area contributed by atoms with Crippen molar-refractivity contribution in [3.8, 4) is 67.5 Å². The van der Waals surface area contributed by atoms with Crippen LogP contribution in [0.4, 0.5) is 0 Å². The van der Waals surface area contributed by atoms with Gasteiger partial charge in [0.15, 0.2) is 0 Å². The summed E-state index contributed by atoms with van der Waals surface area (Å²) < 4.78 is 13.9. The molecule has 0 radical (unpaired) electrons. The third-order valence-electron chi connectivity index (χ3n) is 13.8. The van der Waals surface area contributed by atoms with Gasteiger partial charge in [0, 0.05) is 44.2 Å². The maximum atomic E-state index is 6.95. The Hall–Kier alpha value is -7.42. The lowest BCUT2D eigenvalue weighted by atomic mass is 9.74. The van der Waals surface area contributed by atoms with Crippen molar-refractivity contribution < 1.29 is 9.47 Å². The van der Waals surface area contributed by atoms with E-state index in [0.29, 0.717) is 0 Å². The fraction of sp³-hybridized carbons (Fsp3) is 0.100. The lowest BCUT2D eigenvalue weighted by molar-refractivity contribution is 0.419. The van der Waals surface area contributed by atoms with Gasteiger partial charge in [0.1, 0.15) is 23.0 Å². The van der Waals surface area contributed by atoms with Crippen LogP contribution >= 0.6 is 0 Å². The maximum Gasteiger partial charge on any atom is 0.139 e. The molecule has 0 spiro atoms. The highest BCUT2D eigenvalue weighted by atomic mass is 16.5. The van der Waals surface area contributed by atoms with E-state index in [0.717, 1.165) is 45.3 Å². The van der Waals surface area contributed by atoms with Crippen LogP contribution in [0.5, 0.6) is 23.0 Å². The molecule has 0 saturated heterocycles. The zero-order valence-electron chi connectivity index (χ0n) is 35.3. The average Bonchev–Trinajstić information content (AvgIpc) is 3.30. The van der Waals surface area contributed by atoms with Crippen LogP contribution in [0.2, 0.25) is 0 Å². The Kier molecular flexibility index (Phi) is 7.96. The summed E-state index contributed by atoms with van der Waals surface area (Å²) in [5.41, 5.74) is 13.5. The zero-order chi connectivity index (χ0) is 41.7. The van der Waals surface area contributed by atoms with E-state index in [1.807, 2.05) is 0 Å². The summed E-state index contributed by atoms with van der Waals surface area (Å²) >= 11 is 0. The summed E-state index contributed by atoms with van der Waals surface area (Å²) in [5.74, 6) is 3.66. The van der Waals surface area contributed by atoms with Crippen LogP contribution in [-0.2, 0) is 10.8 Å². The van der Waals surface area contributed by atoms with Crippen molar-refractivity contribution in [2.24, 2.45) is 0 Å². The van der Waals surface area contributed by atoms with Gasteiger partial charge in [-0.25, -0.2) is 0 Å². The minimum atomic E-state index is -0.243. The van der Waals surface area contributed by atoms with Gasteiger partial charge < -0.3 is 9.47 Å². The Morgan fingerprint density at radius 1 is 0.306 bits per heavy atom. The molecular weight excluding hydrogens is 753 g/mol. The van der Waals surface area contributed by atoms with Crippen molar-refractivity contribution in [3.05, 3.63) is 216 Å². The Balaban J connectivity index is 1.18. The number of benzene rings is 10. The van der Waals surface area contributed by atoms with Crippen LogP contribution in [0.1, 0.15) is 49.9 Å². The highest BCUT2D eigenvalue weighted by molar-refractivity contribution is 6.20. The van der Waals surface area contributed by atoms with Gasteiger partial charge >= 0.3 is 0 Å². The van der Waals surface area contributed by atoms with Crippen molar-refractivity contribution in [3.63, 3.8) is 0 Å². The topological polar surface area (TPSA) is 18.5 Å². The van der Waals surface area contributed by atoms with Crippen molar-refractivity contribution in [2.75, 3.05) is 0 Å². The molecular formula is C60H44O2. The summed E-state index contributed by atoms with van der Waals surface area (Å²) in [5, 5.41) is 7.16. The molecule has 0 N–H and O–H groups in total. The van der Waals surface area contributed by atoms with Crippen LogP contribution in [0.15, 0.2) is 194 Å². The summed E-state index contributed by atoms with van der Waals surface area (Å²) in [4.78, 5) is 0. The predicted molar refractivity (Wildman–Crippen MR) is 258 cm³/mol. The van der Waals surface area contributed by atoms with E-state index in [4.69, 9.17) is 9.47 Å². The van der Waals surface area contributed by atoms with Crippen LogP contribution in [0.25, 0.3) is 76.8 Å². The Bertz CT molecular complexity index is 3300. The van der Waals surface area contributed by atoms with Gasteiger partial charge in [-0.15, -0.1) is 0 Å². The number of hydrogen-bond acceptors (Lipinski definition) is 2. The Labute approximate surface area is 362 Å². The van der Waals surface area contributed by atoms with Gasteiger partial charge in [-0.05, 0) is 96.0 Å². The molecule has 2 heterocycles. The molecule has 0 aromatic heterocycles. The number of fused-ring (bicyclic) bond motifs is 7. The highest BCUT2D eigenvalue weighted by Crippen LogP contribution is 2.55. The lowest BCUT2D eigenvalue weighted by Crippen LogP contribution is -2.24. The number of ether oxygens (including phenoxy) is 2. The first kappa shape index (κ1) is 36.4. The van der Waals surface area contributed by atoms with Gasteiger partial charge in [-0.1, -0.05) is 191 Å². The van der Waals surface area contributed by atoms with Gasteiger partial charge in [0.2, 0.25) is 0 Å². The molecule has 10 aromatic carbocycles. The fourth-order valence-corrected chi connectivity index (χ4v) is 10.6. The van der Waals surface area contributed by atoms with E-state index in [1.165, 1.54) is 76.8 Å². The number of hydrogen-bond donors (Lipinski definition) is 0. The second kappa shape index (κ2) is 13.5.